The fraction of sp³-hybridized carbons (Fsp3) is 0.286. The van der Waals surface area contributed by atoms with Crippen LogP contribution in [-0.4, -0.2) is 42.2 Å². The highest BCUT2D eigenvalue weighted by Crippen LogP contribution is 2.16. The topological polar surface area (TPSA) is 89.3 Å². The van der Waals surface area contributed by atoms with Crippen molar-refractivity contribution in [3.63, 3.8) is 0 Å². The first kappa shape index (κ1) is 16.0. The van der Waals surface area contributed by atoms with Crippen molar-refractivity contribution in [3.8, 4) is 5.75 Å². The van der Waals surface area contributed by atoms with Gasteiger partial charge in [0.2, 0.25) is 5.91 Å². The van der Waals surface area contributed by atoms with Crippen LogP contribution in [0, 0.1) is 0 Å². The molecule has 0 unspecified atom stereocenters. The molecule has 0 aliphatic carbocycles. The molecule has 7 nitrogen and oxygen atoms in total. The summed E-state index contributed by atoms with van der Waals surface area (Å²) in [6.07, 6.45) is 1.50. The number of carbonyl (C=O) groups excluding carboxylic acids is 2. The lowest BCUT2D eigenvalue weighted by Gasteiger charge is -2.07. The van der Waals surface area contributed by atoms with Crippen molar-refractivity contribution in [1.29, 1.82) is 0 Å². The number of thioether (sulfide) groups is 1. The van der Waals surface area contributed by atoms with E-state index in [1.54, 1.807) is 25.1 Å². The lowest BCUT2D eigenvalue weighted by Crippen LogP contribution is -2.19. The van der Waals surface area contributed by atoms with Crippen LogP contribution in [0.1, 0.15) is 12.5 Å². The van der Waals surface area contributed by atoms with E-state index in [0.717, 1.165) is 0 Å². The van der Waals surface area contributed by atoms with E-state index in [1.165, 1.54) is 18.0 Å². The van der Waals surface area contributed by atoms with E-state index >= 15 is 0 Å². The molecule has 1 amide bonds. The molecular weight excluding hydrogens is 306 g/mol. The van der Waals surface area contributed by atoms with Gasteiger partial charge < -0.3 is 14.8 Å². The summed E-state index contributed by atoms with van der Waals surface area (Å²) in [4.78, 5) is 22.3. The van der Waals surface area contributed by atoms with Crippen LogP contribution in [0.4, 0.5) is 0 Å². The lowest BCUT2D eigenvalue weighted by molar-refractivity contribution is -0.145. The van der Waals surface area contributed by atoms with Gasteiger partial charge in [0.05, 0.1) is 18.6 Å². The monoisotopic (exact) mass is 321 g/mol. The Hall–Kier alpha value is -2.35. The van der Waals surface area contributed by atoms with Crippen molar-refractivity contribution in [2.24, 2.45) is 10.2 Å². The Balaban J connectivity index is 1.98. The molecule has 1 saturated heterocycles. The zero-order chi connectivity index (χ0) is 15.8. The molecule has 0 radical (unpaired) electrons. The van der Waals surface area contributed by atoms with Crippen molar-refractivity contribution in [1.82, 2.24) is 5.32 Å². The summed E-state index contributed by atoms with van der Waals surface area (Å²) < 4.78 is 10.2. The number of hydrogen-bond acceptors (Lipinski definition) is 7. The summed E-state index contributed by atoms with van der Waals surface area (Å²) >= 11 is 1.29. The second-order valence-corrected chi connectivity index (χ2v) is 5.08. The van der Waals surface area contributed by atoms with Crippen molar-refractivity contribution in [2.45, 2.75) is 6.92 Å². The second-order valence-electron chi connectivity index (χ2n) is 4.12. The van der Waals surface area contributed by atoms with Gasteiger partial charge in [-0.25, -0.2) is 4.79 Å². The van der Waals surface area contributed by atoms with Gasteiger partial charge >= 0.3 is 5.97 Å². The van der Waals surface area contributed by atoms with Gasteiger partial charge in [-0.05, 0) is 19.1 Å². The van der Waals surface area contributed by atoms with Gasteiger partial charge in [0.15, 0.2) is 11.8 Å². The van der Waals surface area contributed by atoms with Gasteiger partial charge in [-0.2, -0.15) is 5.10 Å². The minimum absolute atomic E-state index is 0.0860. The van der Waals surface area contributed by atoms with Crippen molar-refractivity contribution < 1.29 is 19.1 Å². The molecule has 1 aromatic carbocycles. The minimum Gasteiger partial charge on any atom is -0.481 e. The van der Waals surface area contributed by atoms with E-state index in [2.05, 4.69) is 15.5 Å². The Morgan fingerprint density at radius 3 is 3.00 bits per heavy atom. The molecule has 0 aromatic heterocycles. The average Bonchev–Trinajstić information content (AvgIpc) is 2.92. The largest absolute Gasteiger partial charge is 0.481 e. The van der Waals surface area contributed by atoms with E-state index < -0.39 is 5.97 Å². The molecule has 2 rings (SSSR count). The number of amides is 1. The van der Waals surface area contributed by atoms with Crippen molar-refractivity contribution >= 4 is 35.0 Å². The Morgan fingerprint density at radius 2 is 2.27 bits per heavy atom. The first-order valence-electron chi connectivity index (χ1n) is 6.60. The van der Waals surface area contributed by atoms with Crippen LogP contribution in [0.25, 0.3) is 0 Å². The molecule has 0 bridgehead atoms. The fourth-order valence-corrected chi connectivity index (χ4v) is 2.21. The average molecular weight is 321 g/mol. The van der Waals surface area contributed by atoms with Crippen LogP contribution in [0.3, 0.4) is 0 Å². The van der Waals surface area contributed by atoms with Gasteiger partial charge in [0, 0.05) is 5.56 Å². The predicted molar refractivity (Wildman–Crippen MR) is 84.2 cm³/mol. The highest BCUT2D eigenvalue weighted by atomic mass is 32.2. The van der Waals surface area contributed by atoms with Crippen LogP contribution in [0.5, 0.6) is 5.75 Å². The lowest BCUT2D eigenvalue weighted by atomic mass is 10.2. The molecule has 1 heterocycles. The third kappa shape index (κ3) is 4.88. The standard InChI is InChI=1S/C14H15N3O4S/c1-2-20-13(19)8-21-11-6-4-3-5-10(11)7-15-17-14-16-12(18)9-22-14/h3-7H,2,8-9H2,1H3,(H,16,17,18). The fourth-order valence-electron chi connectivity index (χ4n) is 1.58. The molecule has 1 N–H and O–H groups in total. The number of ether oxygens (including phenoxy) is 2. The number of benzene rings is 1. The smallest absolute Gasteiger partial charge is 0.344 e. The maximum absolute atomic E-state index is 11.3. The number of rotatable bonds is 6. The van der Waals surface area contributed by atoms with E-state index in [0.29, 0.717) is 28.8 Å². The van der Waals surface area contributed by atoms with Crippen LogP contribution >= 0.6 is 11.8 Å². The maximum atomic E-state index is 11.3. The summed E-state index contributed by atoms with van der Waals surface area (Å²) in [6, 6.07) is 7.11. The van der Waals surface area contributed by atoms with Gasteiger partial charge in [-0.15, -0.1) is 5.10 Å². The van der Waals surface area contributed by atoms with Gasteiger partial charge in [-0.1, -0.05) is 23.9 Å². The van der Waals surface area contributed by atoms with Crippen LogP contribution < -0.4 is 10.1 Å². The molecule has 0 saturated carbocycles. The molecule has 1 aromatic rings. The number of carbonyl (C=O) groups is 2. The molecule has 0 spiro atoms. The third-order valence-corrected chi connectivity index (χ3v) is 3.37. The maximum Gasteiger partial charge on any atom is 0.344 e. The predicted octanol–water partition coefficient (Wildman–Crippen LogP) is 1.18. The number of para-hydroxylation sites is 1. The summed E-state index contributed by atoms with van der Waals surface area (Å²) in [5.41, 5.74) is 0.672. The van der Waals surface area contributed by atoms with Gasteiger partial charge in [0.25, 0.3) is 0 Å². The summed E-state index contributed by atoms with van der Waals surface area (Å²) in [5.74, 6) is 0.340. The van der Waals surface area contributed by atoms with Crippen molar-refractivity contribution in [3.05, 3.63) is 29.8 Å². The highest BCUT2D eigenvalue weighted by Gasteiger charge is 2.16. The van der Waals surface area contributed by atoms with Crippen LogP contribution in [0.2, 0.25) is 0 Å². The molecule has 116 valence electrons. The Morgan fingerprint density at radius 1 is 1.45 bits per heavy atom. The third-order valence-electron chi connectivity index (χ3n) is 2.50. The summed E-state index contributed by atoms with van der Waals surface area (Å²) in [5, 5.41) is 10.9. The molecular formula is C14H15N3O4S. The summed E-state index contributed by atoms with van der Waals surface area (Å²) in [6.45, 7) is 1.88. The zero-order valence-electron chi connectivity index (χ0n) is 11.9. The van der Waals surface area contributed by atoms with Crippen LogP contribution in [-0.2, 0) is 14.3 Å². The number of nitrogens with one attached hydrogen (secondary N) is 1. The van der Waals surface area contributed by atoms with E-state index in [-0.39, 0.29) is 12.5 Å². The zero-order valence-corrected chi connectivity index (χ0v) is 12.8. The summed E-state index contributed by atoms with van der Waals surface area (Å²) in [7, 11) is 0. The molecule has 1 aliphatic rings. The Labute approximate surface area is 131 Å². The number of esters is 1. The van der Waals surface area contributed by atoms with Crippen molar-refractivity contribution in [2.75, 3.05) is 19.0 Å². The van der Waals surface area contributed by atoms with Crippen LogP contribution in [0.15, 0.2) is 34.5 Å². The molecule has 8 heteroatoms. The van der Waals surface area contributed by atoms with E-state index in [9.17, 15) is 9.59 Å². The number of hydrogen-bond donors (Lipinski definition) is 1. The molecule has 22 heavy (non-hydrogen) atoms. The molecule has 1 aliphatic heterocycles. The Kier molecular flexibility index (Phi) is 5.96. The Bertz CT molecular complexity index is 616. The van der Waals surface area contributed by atoms with Gasteiger partial charge in [0.1, 0.15) is 5.75 Å². The first-order chi connectivity index (χ1) is 10.7. The number of nitrogens with zero attached hydrogens (tertiary/aromatic N) is 2. The quantitative estimate of drug-likeness (QED) is 0.483. The first-order valence-corrected chi connectivity index (χ1v) is 7.58. The normalized spacial score (nSPS) is 16.0. The molecule has 1 fully saturated rings. The van der Waals surface area contributed by atoms with E-state index in [1.807, 2.05) is 6.07 Å². The number of amidine groups is 1. The minimum atomic E-state index is -0.431. The SMILES string of the molecule is CCOC(=O)COc1ccccc1C=NN=C1NC(=O)CS1. The second kappa shape index (κ2) is 8.18. The highest BCUT2D eigenvalue weighted by molar-refractivity contribution is 8.15. The molecule has 0 atom stereocenters. The van der Waals surface area contributed by atoms with E-state index in [4.69, 9.17) is 9.47 Å². The van der Waals surface area contributed by atoms with Gasteiger partial charge in [-0.3, -0.25) is 4.79 Å².